The van der Waals surface area contributed by atoms with Gasteiger partial charge in [-0.3, -0.25) is 0 Å². The zero-order valence-electron chi connectivity index (χ0n) is 43.2. The molecular formula is C47H92O12Si8Sn. The second-order valence-electron chi connectivity index (χ2n) is 25.3. The Morgan fingerprint density at radius 3 is 0.750 bits per heavy atom. The molecule has 68 heavy (non-hydrogen) atoms. The summed E-state index contributed by atoms with van der Waals surface area (Å²) in [6.45, 7) is 7.07. The summed E-state index contributed by atoms with van der Waals surface area (Å²) in [6.07, 6.45) is 38.4. The van der Waals surface area contributed by atoms with Crippen molar-refractivity contribution in [3.05, 3.63) is 0 Å². The molecule has 4 saturated heterocycles. The molecule has 21 heteroatoms. The summed E-state index contributed by atoms with van der Waals surface area (Å²) in [7, 11) is -30.2. The van der Waals surface area contributed by atoms with E-state index in [0.717, 1.165) is 180 Å². The average Bonchev–Trinajstić information content (AvgIpc) is 3.33. The Balaban J connectivity index is 1.26. The molecule has 4 unspecified atom stereocenters. The minimum atomic E-state index is -4.29. The topological polar surface area (TPSA) is 111 Å². The summed E-state index contributed by atoms with van der Waals surface area (Å²) in [6, 6.07) is 0. The zero-order chi connectivity index (χ0) is 46.8. The molecule has 7 aliphatic carbocycles. The van der Waals surface area contributed by atoms with Crippen LogP contribution in [0.15, 0.2) is 0 Å². The molecule has 4 atom stereocenters. The third-order valence-electron chi connectivity index (χ3n) is 18.5. The fourth-order valence-corrected chi connectivity index (χ4v) is 85.1. The van der Waals surface area contributed by atoms with E-state index < -0.39 is 89.2 Å². The molecule has 0 radical (unpaired) electrons. The Hall–Kier alpha value is 2.05. The Kier molecular flexibility index (Phi) is 15.9. The molecule has 7 saturated carbocycles. The van der Waals surface area contributed by atoms with Crippen LogP contribution in [-0.2, 0) is 46.7 Å². The van der Waals surface area contributed by atoms with Crippen LogP contribution in [0.25, 0.3) is 0 Å². The molecule has 6 bridgehead atoms. The van der Waals surface area contributed by atoms with E-state index in [2.05, 4.69) is 29.5 Å². The molecular weight excluding hydrogens is 1100 g/mol. The van der Waals surface area contributed by atoms with Crippen molar-refractivity contribution >= 4 is 89.2 Å². The van der Waals surface area contributed by atoms with Crippen molar-refractivity contribution in [3.63, 3.8) is 0 Å². The molecule has 0 aromatic heterocycles. The summed E-state index contributed by atoms with van der Waals surface area (Å²) in [5.41, 5.74) is 0.479. The average molecular weight is 1190 g/mol. The summed E-state index contributed by atoms with van der Waals surface area (Å²) in [5, 5.41) is 0. The molecule has 0 N–H and O–H groups in total. The second-order valence-corrected chi connectivity index (χ2v) is 63.8. The van der Waals surface area contributed by atoms with Gasteiger partial charge in [-0.15, -0.1) is 0 Å². The van der Waals surface area contributed by atoms with Crippen molar-refractivity contribution in [2.24, 2.45) is 0 Å². The van der Waals surface area contributed by atoms with Crippen LogP contribution in [0.5, 0.6) is 0 Å². The first kappa shape index (κ1) is 52.1. The molecule has 11 aliphatic rings. The van der Waals surface area contributed by atoms with Gasteiger partial charge in [0.25, 0.3) is 0 Å². The number of hydrogen-bond donors (Lipinski definition) is 0. The molecule has 11 rings (SSSR count). The maximum atomic E-state index is 8.83. The van der Waals surface area contributed by atoms with Crippen LogP contribution >= 0.6 is 0 Å². The van der Waals surface area contributed by atoms with Gasteiger partial charge >= 0.3 is 429 Å². The molecule has 0 amide bonds. The number of fused-ring (bicyclic) bond motifs is 4. The van der Waals surface area contributed by atoms with Crippen molar-refractivity contribution < 1.29 is 46.7 Å². The van der Waals surface area contributed by atoms with E-state index in [4.69, 9.17) is 46.7 Å². The van der Waals surface area contributed by atoms with Gasteiger partial charge in [0, 0.05) is 0 Å². The van der Waals surface area contributed by atoms with Gasteiger partial charge in [-0.1, -0.05) is 0 Å². The van der Waals surface area contributed by atoms with Gasteiger partial charge in [-0.2, -0.15) is 0 Å². The van der Waals surface area contributed by atoms with Gasteiger partial charge in [0.2, 0.25) is 0 Å². The van der Waals surface area contributed by atoms with E-state index in [1.165, 1.54) is 44.9 Å². The van der Waals surface area contributed by atoms with E-state index >= 15 is 0 Å². The van der Waals surface area contributed by atoms with Crippen molar-refractivity contribution in [1.82, 2.24) is 0 Å². The van der Waals surface area contributed by atoms with Crippen molar-refractivity contribution in [2.45, 2.75) is 293 Å². The molecule has 0 aromatic rings. The summed E-state index contributed by atoms with van der Waals surface area (Å²) in [5.74, 6) is 0. The van der Waals surface area contributed by atoms with Crippen LogP contribution < -0.4 is 0 Å². The SMILES string of the molecule is C[Si](C)(C)O[Si]1(C2CCCCC2)O[Si]2(C3CCCCC3)O[Si]3(C4CCCCC4)O[Si](C4CCCCC4)(O1)O[Si]1(C4CCCCC4)O[Si](C4CCCCC4)(O3)O[Si](C3CCCCC3)(O2)[O][Sn]([CH3])([CH3])[O]1. The predicted molar refractivity (Wildman–Crippen MR) is 282 cm³/mol. The first-order valence-electron chi connectivity index (χ1n) is 29.1. The second kappa shape index (κ2) is 20.8. The third-order valence-corrected chi connectivity index (χ3v) is 68.5. The standard InChI is InChI=1S/C45H86O12Si8.2CH3.Sn/c1-58(2,3)48-61(41-29-15-6-16-30-41)53-63(43-33-19-8-20-34-43)51-59(46,39-25-11-4-12-26-39)49-62(42-31-17-7-18-32-42)50-60(47,40-27-13-5-14-28-40)52-64(54-61,44-35-21-9-22-36-44)57-65(55-62,56-63)45-37-23-10-24-38-45;;;/h39-45H,4-38H2,1-3H3;2*1H3;/q-2;;;+2. The molecule has 388 valence electrons. The van der Waals surface area contributed by atoms with Crippen LogP contribution in [0.3, 0.4) is 0 Å². The van der Waals surface area contributed by atoms with E-state index in [0.29, 0.717) is 0 Å². The first-order valence-corrected chi connectivity index (χ1v) is 53.2. The normalized spacial score (nSPS) is 44.1. The maximum absolute atomic E-state index is 8.83. The molecule has 0 aromatic carbocycles. The van der Waals surface area contributed by atoms with E-state index in [1.54, 1.807) is 0 Å². The van der Waals surface area contributed by atoms with Crippen LogP contribution in [0, 0.1) is 0 Å². The summed E-state index contributed by atoms with van der Waals surface area (Å²) < 4.78 is 104. The van der Waals surface area contributed by atoms with E-state index in [-0.39, 0.29) is 38.8 Å². The van der Waals surface area contributed by atoms with Crippen molar-refractivity contribution in [1.29, 1.82) is 0 Å². The summed E-state index contributed by atoms with van der Waals surface area (Å²) in [4.78, 5) is 4.69. The summed E-state index contributed by atoms with van der Waals surface area (Å²) >= 11 is -4.29. The minimum absolute atomic E-state index is 0.0428. The fraction of sp³-hybridized carbons (Fsp3) is 1.00. The van der Waals surface area contributed by atoms with Gasteiger partial charge in [-0.05, 0) is 0 Å². The van der Waals surface area contributed by atoms with Crippen LogP contribution in [0.4, 0.5) is 0 Å². The van der Waals surface area contributed by atoms with Gasteiger partial charge in [0.15, 0.2) is 0 Å². The quantitative estimate of drug-likeness (QED) is 0.205. The molecule has 4 heterocycles. The third kappa shape index (κ3) is 10.3. The Morgan fingerprint density at radius 2 is 0.500 bits per heavy atom. The van der Waals surface area contributed by atoms with E-state index in [9.17, 15) is 0 Å². The van der Waals surface area contributed by atoms with Crippen LogP contribution in [-0.4, -0.2) is 89.2 Å². The van der Waals surface area contributed by atoms with Gasteiger partial charge in [0.05, 0.1) is 0 Å². The van der Waals surface area contributed by atoms with Gasteiger partial charge in [-0.25, -0.2) is 0 Å². The van der Waals surface area contributed by atoms with Crippen molar-refractivity contribution in [2.75, 3.05) is 0 Å². The number of hydrogen-bond acceptors (Lipinski definition) is 12. The predicted octanol–water partition coefficient (Wildman–Crippen LogP) is 14.7. The van der Waals surface area contributed by atoms with Crippen LogP contribution in [0.1, 0.15) is 225 Å². The molecule has 11 fully saturated rings. The van der Waals surface area contributed by atoms with Crippen molar-refractivity contribution in [3.8, 4) is 0 Å². The van der Waals surface area contributed by atoms with E-state index in [1.807, 2.05) is 0 Å². The van der Waals surface area contributed by atoms with Crippen LogP contribution in [0.2, 0.25) is 68.3 Å². The molecule has 4 aliphatic heterocycles. The fourth-order valence-electron chi connectivity index (χ4n) is 15.3. The molecule has 12 nitrogen and oxygen atoms in total. The Labute approximate surface area is 425 Å². The van der Waals surface area contributed by atoms with Gasteiger partial charge < -0.3 is 0 Å². The molecule has 0 spiro atoms. The monoisotopic (exact) mass is 1190 g/mol. The van der Waals surface area contributed by atoms with Gasteiger partial charge in [0.1, 0.15) is 0 Å². The Morgan fingerprint density at radius 1 is 0.294 bits per heavy atom. The zero-order valence-corrected chi connectivity index (χ0v) is 54.0. The number of rotatable bonds is 9. The Bertz CT molecular complexity index is 1630. The first-order chi connectivity index (χ1) is 32.7.